The first-order valence-electron chi connectivity index (χ1n) is 46.9. The number of halogens is 4. The molecule has 5 aliphatic heterocycles. The number of H-pyrrole nitrogens is 7. The van der Waals surface area contributed by atoms with Crippen LogP contribution in [0.2, 0.25) is 0 Å². The minimum absolute atomic E-state index is 0.0138. The molecule has 726 valence electrons. The summed E-state index contributed by atoms with van der Waals surface area (Å²) in [5, 5.41) is 34.7. The van der Waals surface area contributed by atoms with E-state index in [1.54, 1.807) is 154 Å². The molecule has 16 heterocycles. The summed E-state index contributed by atoms with van der Waals surface area (Å²) in [5.41, 5.74) is 11.6. The van der Waals surface area contributed by atoms with Crippen LogP contribution in [0.3, 0.4) is 0 Å². The molecule has 24 rings (SSSR count). The van der Waals surface area contributed by atoms with E-state index in [0.717, 1.165) is 94.6 Å². The summed E-state index contributed by atoms with van der Waals surface area (Å²) in [6.45, 7) is 8.06. The number of pyridine rings is 3. The van der Waals surface area contributed by atoms with Gasteiger partial charge in [-0.1, -0.05) is 97.1 Å². The second-order valence-electron chi connectivity index (χ2n) is 35.4. The molecule has 5 amide bonds. The van der Waals surface area contributed by atoms with Gasteiger partial charge in [-0.3, -0.25) is 43.2 Å². The van der Waals surface area contributed by atoms with Crippen molar-refractivity contribution in [2.45, 2.75) is 32.1 Å². The highest BCUT2D eigenvalue weighted by Crippen LogP contribution is 2.32. The van der Waals surface area contributed by atoms with Gasteiger partial charge in [-0.25, -0.2) is 72.8 Å². The maximum Gasteiger partial charge on any atom is 0.272 e. The molecule has 0 atom stereocenters. The lowest BCUT2D eigenvalue weighted by atomic mass is 10.0. The van der Waals surface area contributed by atoms with Gasteiger partial charge in [0.25, 0.3) is 45.9 Å². The standard InChI is InChI=1S/C27H23FN6O3.2C26H22FN7O2.C25H21FN8O2/c28-20-6-5-16(14-22-17-3-1-2-4-18(17)26(36)32-31-22)13-19(20)27(37)34-11-9-33(10-12-34)24-8-7-21-23(29-24)15-25(35)30-21;27-21-6-5-16(12-22-18-3-1-2-4-19(18)25(35)32-31-22)11-20(21)26(36)34-9-7-33(8-10-34)17-13-23-24(28-14-17)30-15-29-23;27-20-6-5-16(12-21-17-3-1-2-4-18(17)25(35)32-31-21)11-19(20)26(36)34-9-7-33(8-10-34)24-13-22-23(14-28-24)30-15-29-22;26-19-6-5-15(12-20-16-3-1-2-4-17(16)23(35)32-31-20)11-18(19)24(36)33-7-9-34(10-8-33)25-27-13-21-22(30-25)29-14-28-21/h1-8,13H,9-12,14-15H2,(H,30,35)(H,32,36);1-6,11,13-15H,7-10,12H2,(H,32,35)(H,28,29,30);1-6,11,13-15H,7-10,12H2,(H,29,30)(H,32,35);1-6,11,13-14H,7-10,12H2,(H,32,35)(H,27,28,29,30). The molecule has 8 aromatic carbocycles. The van der Waals surface area contributed by atoms with E-state index in [2.05, 4.69) is 116 Å². The van der Waals surface area contributed by atoms with E-state index in [1.165, 1.54) is 24.3 Å². The van der Waals surface area contributed by atoms with Crippen molar-refractivity contribution in [3.63, 3.8) is 0 Å². The molecule has 145 heavy (non-hydrogen) atoms. The van der Waals surface area contributed by atoms with Crippen LogP contribution in [0.15, 0.2) is 251 Å². The summed E-state index contributed by atoms with van der Waals surface area (Å²) in [5.74, 6) is -1.63. The third-order valence-electron chi connectivity index (χ3n) is 26.5. The molecule has 0 aliphatic carbocycles. The molecule has 11 aromatic heterocycles. The van der Waals surface area contributed by atoms with Crippen molar-refractivity contribution < 1.29 is 41.5 Å². The summed E-state index contributed by atoms with van der Waals surface area (Å²) < 4.78 is 59.0. The SMILES string of the molecule is O=C(c1cc(Cc2n[nH]c(=O)c3ccccc23)ccc1F)N1CCN(c2cc3nc[nH]c3cn2)CC1.O=C(c1cc(Cc2n[nH]c(=O)c3ccccc23)ccc1F)N1CCN(c2cnc3nc[nH]c3c2)CC1.O=C(c1cc(Cc2n[nH]c(=O)c3ccccc23)ccc1F)N1CCN(c2ncc3[nH]cnc3n2)CC1.O=C1Cc2nc(N3CCN(C(=O)c4cc(Cc5n[nH]c(=O)c6ccccc56)ccc4F)CC3)ccc2N1. The number of imidazole rings is 3. The largest absolute Gasteiger partial charge is 0.367 e. The topological polar surface area (TPSA) is 457 Å². The highest BCUT2D eigenvalue weighted by atomic mass is 19.1. The van der Waals surface area contributed by atoms with Crippen molar-refractivity contribution in [1.82, 2.24) is 115 Å². The number of benzene rings is 8. The quantitative estimate of drug-likeness (QED) is 0.0417. The van der Waals surface area contributed by atoms with Crippen molar-refractivity contribution in [2.24, 2.45) is 0 Å². The third kappa shape index (κ3) is 19.7. The van der Waals surface area contributed by atoms with Crippen LogP contribution >= 0.6 is 0 Å². The van der Waals surface area contributed by atoms with Gasteiger partial charge in [0.05, 0.1) is 144 Å². The van der Waals surface area contributed by atoms with Crippen LogP contribution in [0.5, 0.6) is 0 Å². The van der Waals surface area contributed by atoms with Crippen LogP contribution in [0.4, 0.5) is 46.5 Å². The maximum atomic E-state index is 14.8. The summed E-state index contributed by atoms with van der Waals surface area (Å²) in [7, 11) is 0. The number of amides is 5. The Morgan fingerprint density at radius 2 is 0.669 bits per heavy atom. The maximum absolute atomic E-state index is 14.8. The molecule has 4 fully saturated rings. The number of nitrogens with one attached hydrogen (secondary N) is 8. The predicted octanol–water partition coefficient (Wildman–Crippen LogP) is 10.6. The molecule has 0 radical (unpaired) electrons. The van der Waals surface area contributed by atoms with Gasteiger partial charge in [-0.2, -0.15) is 25.4 Å². The summed E-state index contributed by atoms with van der Waals surface area (Å²) in [6, 6.07) is 54.5. The summed E-state index contributed by atoms with van der Waals surface area (Å²) >= 11 is 0. The minimum Gasteiger partial charge on any atom is -0.367 e. The zero-order chi connectivity index (χ0) is 99.5. The first-order chi connectivity index (χ1) is 70.6. The van der Waals surface area contributed by atoms with Crippen molar-refractivity contribution >= 4 is 135 Å². The van der Waals surface area contributed by atoms with Crippen LogP contribution in [0, 0.1) is 23.3 Å². The first-order valence-corrected chi connectivity index (χ1v) is 46.9. The fourth-order valence-electron chi connectivity index (χ4n) is 18.7. The molecule has 37 nitrogen and oxygen atoms in total. The smallest absolute Gasteiger partial charge is 0.272 e. The Balaban J connectivity index is 0.000000114. The molecule has 0 spiro atoms. The molecule has 0 unspecified atom stereocenters. The Morgan fingerprint density at radius 1 is 0.310 bits per heavy atom. The molecule has 8 N–H and O–H groups in total. The number of hydrogen-bond acceptors (Lipinski definition) is 25. The molecule has 41 heteroatoms. The first kappa shape index (κ1) is 92.9. The molecule has 19 aromatic rings. The lowest BCUT2D eigenvalue weighted by Crippen LogP contribution is -2.49. The zero-order valence-corrected chi connectivity index (χ0v) is 77.4. The number of nitrogens with zero attached hydrogens (tertiary/aromatic N) is 20. The van der Waals surface area contributed by atoms with Gasteiger partial charge in [0, 0.05) is 158 Å². The monoisotopic (exact) mass is 1950 g/mol. The number of aromatic nitrogens is 19. The molecule has 0 saturated carbocycles. The molecule has 4 saturated heterocycles. The van der Waals surface area contributed by atoms with Crippen LogP contribution in [0.25, 0.3) is 76.5 Å². The van der Waals surface area contributed by atoms with E-state index in [1.807, 2.05) is 77.7 Å². The number of aromatic amines is 7. The number of carbonyl (C=O) groups excluding carboxylic acids is 5. The number of anilines is 5. The Morgan fingerprint density at radius 3 is 1.09 bits per heavy atom. The number of carbonyl (C=O) groups is 5. The van der Waals surface area contributed by atoms with Gasteiger partial charge in [0.15, 0.2) is 11.3 Å². The highest BCUT2D eigenvalue weighted by molar-refractivity contribution is 6.00. The van der Waals surface area contributed by atoms with Gasteiger partial charge in [-0.05, 0) is 113 Å². The average molecular weight is 1950 g/mol. The molecular formula is C104H88F4N28O9. The van der Waals surface area contributed by atoms with Crippen LogP contribution in [-0.2, 0) is 36.9 Å². The molecule has 5 aliphatic rings. The number of hydrogen-bond donors (Lipinski definition) is 8. The van der Waals surface area contributed by atoms with Crippen LogP contribution in [0.1, 0.15) is 92.2 Å². The molecule has 0 bridgehead atoms. The summed E-state index contributed by atoms with van der Waals surface area (Å²) in [6.07, 6.45) is 11.7. The molecular weight excluding hydrogens is 1860 g/mol. The van der Waals surface area contributed by atoms with Crippen molar-refractivity contribution in [1.29, 1.82) is 0 Å². The van der Waals surface area contributed by atoms with Gasteiger partial charge in [-0.15, -0.1) is 0 Å². The predicted molar refractivity (Wildman–Crippen MR) is 535 cm³/mol. The second kappa shape index (κ2) is 40.4. The Bertz CT molecular complexity index is 7950. The van der Waals surface area contributed by atoms with E-state index in [-0.39, 0.29) is 80.4 Å². The fraction of sp³-hybridized carbons (Fsp3) is 0.202. The van der Waals surface area contributed by atoms with Crippen molar-refractivity contribution in [3.8, 4) is 0 Å². The normalized spacial score (nSPS) is 14.3. The summed E-state index contributed by atoms with van der Waals surface area (Å²) in [4.78, 5) is 172. The van der Waals surface area contributed by atoms with Gasteiger partial charge in [0.2, 0.25) is 11.9 Å². The number of piperazine rings is 4. The Labute approximate surface area is 818 Å². The van der Waals surface area contributed by atoms with Gasteiger partial charge in [0.1, 0.15) is 40.4 Å². The zero-order valence-electron chi connectivity index (χ0n) is 77.4. The second-order valence-corrected chi connectivity index (χ2v) is 35.4. The van der Waals surface area contributed by atoms with Gasteiger partial charge >= 0.3 is 0 Å². The van der Waals surface area contributed by atoms with Crippen molar-refractivity contribution in [2.75, 3.05) is 130 Å². The Kier molecular flexibility index (Phi) is 25.9. The van der Waals surface area contributed by atoms with E-state index in [9.17, 15) is 60.7 Å². The van der Waals surface area contributed by atoms with Crippen LogP contribution < -0.4 is 47.2 Å². The van der Waals surface area contributed by atoms with E-state index >= 15 is 0 Å². The fourth-order valence-corrected chi connectivity index (χ4v) is 18.7. The van der Waals surface area contributed by atoms with E-state index in [4.69, 9.17) is 0 Å². The third-order valence-corrected chi connectivity index (χ3v) is 26.5. The van der Waals surface area contributed by atoms with Crippen molar-refractivity contribution in [3.05, 3.63) is 369 Å². The lowest BCUT2D eigenvalue weighted by molar-refractivity contribution is -0.115. The number of fused-ring (bicyclic) bond motifs is 8. The lowest BCUT2D eigenvalue weighted by Gasteiger charge is -2.36. The van der Waals surface area contributed by atoms with Crippen LogP contribution in [-0.4, -0.2) is 249 Å². The average Bonchev–Trinajstić information content (AvgIpc) is 1.47. The van der Waals surface area contributed by atoms with E-state index in [0.29, 0.717) is 192 Å². The Hall–Kier alpha value is -18.5. The number of rotatable bonds is 16. The van der Waals surface area contributed by atoms with E-state index < -0.39 is 23.3 Å². The minimum atomic E-state index is -0.576. The highest BCUT2D eigenvalue weighted by Gasteiger charge is 2.33. The van der Waals surface area contributed by atoms with Gasteiger partial charge < -0.3 is 59.5 Å².